The SMILES string of the molecule is CC(/C=N\NC(=O)[C@H](C)Oc1ccc(Cl)cc1Cl)=C/c1ccccc1. The monoisotopic (exact) mass is 376 g/mol. The molecule has 1 atom stereocenters. The van der Waals surface area contributed by atoms with E-state index >= 15 is 0 Å². The van der Waals surface area contributed by atoms with Crippen LogP contribution in [0.3, 0.4) is 0 Å². The molecule has 0 aliphatic heterocycles. The molecule has 0 aliphatic rings. The fraction of sp³-hybridized carbons (Fsp3) is 0.158. The molecule has 2 rings (SSSR count). The number of carbonyl (C=O) groups excluding carboxylic acids is 1. The van der Waals surface area contributed by atoms with E-state index in [1.54, 1.807) is 31.3 Å². The van der Waals surface area contributed by atoms with Crippen molar-refractivity contribution in [3.05, 3.63) is 69.7 Å². The highest BCUT2D eigenvalue weighted by atomic mass is 35.5. The summed E-state index contributed by atoms with van der Waals surface area (Å²) in [5.74, 6) is 0.00706. The van der Waals surface area contributed by atoms with Crippen LogP contribution in [-0.4, -0.2) is 18.2 Å². The van der Waals surface area contributed by atoms with Crippen molar-refractivity contribution in [2.24, 2.45) is 5.10 Å². The van der Waals surface area contributed by atoms with Crippen LogP contribution in [0.1, 0.15) is 19.4 Å². The fourth-order valence-electron chi connectivity index (χ4n) is 1.95. The fourth-order valence-corrected chi connectivity index (χ4v) is 2.41. The highest BCUT2D eigenvalue weighted by molar-refractivity contribution is 6.35. The van der Waals surface area contributed by atoms with Crippen molar-refractivity contribution in [3.63, 3.8) is 0 Å². The zero-order chi connectivity index (χ0) is 18.2. The van der Waals surface area contributed by atoms with Gasteiger partial charge in [0.05, 0.1) is 11.2 Å². The van der Waals surface area contributed by atoms with Gasteiger partial charge in [-0.05, 0) is 43.2 Å². The molecule has 0 saturated carbocycles. The first kappa shape index (κ1) is 19.0. The molecule has 2 aromatic rings. The number of allylic oxidation sites excluding steroid dienone is 1. The molecule has 2 aromatic carbocycles. The van der Waals surface area contributed by atoms with E-state index in [1.807, 2.05) is 43.3 Å². The van der Waals surface area contributed by atoms with Crippen molar-refractivity contribution in [1.29, 1.82) is 0 Å². The number of ether oxygens (including phenoxy) is 1. The Bertz CT molecular complexity index is 789. The average molecular weight is 377 g/mol. The first-order chi connectivity index (χ1) is 12.0. The van der Waals surface area contributed by atoms with Crippen molar-refractivity contribution in [2.45, 2.75) is 20.0 Å². The Morgan fingerprint density at radius 1 is 1.20 bits per heavy atom. The van der Waals surface area contributed by atoms with Crippen LogP contribution in [0.2, 0.25) is 10.0 Å². The van der Waals surface area contributed by atoms with Gasteiger partial charge in [-0.15, -0.1) is 0 Å². The minimum absolute atomic E-state index is 0.345. The maximum Gasteiger partial charge on any atom is 0.280 e. The van der Waals surface area contributed by atoms with Crippen molar-refractivity contribution in [1.82, 2.24) is 5.43 Å². The lowest BCUT2D eigenvalue weighted by atomic mass is 10.1. The van der Waals surface area contributed by atoms with Crippen LogP contribution in [0.25, 0.3) is 6.08 Å². The summed E-state index contributed by atoms with van der Waals surface area (Å²) in [5, 5.41) is 4.78. The Morgan fingerprint density at radius 3 is 2.60 bits per heavy atom. The Kier molecular flexibility index (Phi) is 7.04. The number of hydrazone groups is 1. The summed E-state index contributed by atoms with van der Waals surface area (Å²) >= 11 is 11.9. The second kappa shape index (κ2) is 9.25. The van der Waals surface area contributed by atoms with Crippen molar-refractivity contribution < 1.29 is 9.53 Å². The molecule has 6 heteroatoms. The largest absolute Gasteiger partial charge is 0.479 e. The molecule has 0 heterocycles. The molecule has 0 bridgehead atoms. The molecular weight excluding hydrogens is 359 g/mol. The van der Waals surface area contributed by atoms with Crippen molar-refractivity contribution in [2.75, 3.05) is 0 Å². The van der Waals surface area contributed by atoms with Crippen LogP contribution in [0, 0.1) is 0 Å². The quantitative estimate of drug-likeness (QED) is 0.571. The lowest BCUT2D eigenvalue weighted by Crippen LogP contribution is -2.33. The number of amides is 1. The van der Waals surface area contributed by atoms with Gasteiger partial charge in [-0.3, -0.25) is 4.79 Å². The Hall–Kier alpha value is -2.30. The maximum atomic E-state index is 12.0. The highest BCUT2D eigenvalue weighted by Gasteiger charge is 2.15. The summed E-state index contributed by atoms with van der Waals surface area (Å²) in [5.41, 5.74) is 4.41. The predicted molar refractivity (Wildman–Crippen MR) is 103 cm³/mol. The van der Waals surface area contributed by atoms with E-state index in [9.17, 15) is 4.79 Å². The van der Waals surface area contributed by atoms with Crippen LogP contribution >= 0.6 is 23.2 Å². The van der Waals surface area contributed by atoms with E-state index in [0.29, 0.717) is 15.8 Å². The first-order valence-electron chi connectivity index (χ1n) is 7.63. The summed E-state index contributed by atoms with van der Waals surface area (Å²) in [7, 11) is 0. The molecular formula is C19H18Cl2N2O2. The minimum Gasteiger partial charge on any atom is -0.479 e. The molecule has 0 unspecified atom stereocenters. The number of hydrogen-bond acceptors (Lipinski definition) is 3. The second-order valence-electron chi connectivity index (χ2n) is 5.37. The summed E-state index contributed by atoms with van der Waals surface area (Å²) in [6.07, 6.45) is 2.78. The van der Waals surface area contributed by atoms with Crippen LogP contribution < -0.4 is 10.2 Å². The molecule has 0 saturated heterocycles. The van der Waals surface area contributed by atoms with Gasteiger partial charge in [0.1, 0.15) is 5.75 Å². The van der Waals surface area contributed by atoms with Crippen molar-refractivity contribution in [3.8, 4) is 5.75 Å². The molecule has 0 aliphatic carbocycles. The Labute approximate surface area is 157 Å². The molecule has 0 fully saturated rings. The molecule has 1 amide bonds. The van der Waals surface area contributed by atoms with E-state index in [2.05, 4.69) is 10.5 Å². The van der Waals surface area contributed by atoms with Gasteiger partial charge in [-0.25, -0.2) is 5.43 Å². The van der Waals surface area contributed by atoms with Gasteiger partial charge in [0.25, 0.3) is 5.91 Å². The number of benzene rings is 2. The smallest absolute Gasteiger partial charge is 0.280 e. The number of nitrogens with one attached hydrogen (secondary N) is 1. The van der Waals surface area contributed by atoms with Gasteiger partial charge in [0.15, 0.2) is 6.10 Å². The number of halogens is 2. The summed E-state index contributed by atoms with van der Waals surface area (Å²) in [4.78, 5) is 12.0. The van der Waals surface area contributed by atoms with Gasteiger partial charge in [-0.2, -0.15) is 5.10 Å². The normalized spacial score (nSPS) is 12.9. The number of carbonyl (C=O) groups is 1. The van der Waals surface area contributed by atoms with Gasteiger partial charge in [0.2, 0.25) is 0 Å². The highest BCUT2D eigenvalue weighted by Crippen LogP contribution is 2.28. The number of nitrogens with zero attached hydrogens (tertiary/aromatic N) is 1. The molecule has 0 radical (unpaired) electrons. The van der Waals surface area contributed by atoms with Crippen LogP contribution in [-0.2, 0) is 4.79 Å². The summed E-state index contributed by atoms with van der Waals surface area (Å²) < 4.78 is 5.52. The molecule has 1 N–H and O–H groups in total. The third kappa shape index (κ3) is 6.25. The van der Waals surface area contributed by atoms with E-state index < -0.39 is 6.10 Å². The number of rotatable bonds is 6. The van der Waals surface area contributed by atoms with Gasteiger partial charge >= 0.3 is 0 Å². The van der Waals surface area contributed by atoms with E-state index in [1.165, 1.54) is 0 Å². The van der Waals surface area contributed by atoms with Gasteiger partial charge in [0, 0.05) is 5.02 Å². The summed E-state index contributed by atoms with van der Waals surface area (Å²) in [6, 6.07) is 14.7. The molecule has 0 spiro atoms. The molecule has 25 heavy (non-hydrogen) atoms. The van der Waals surface area contributed by atoms with E-state index in [4.69, 9.17) is 27.9 Å². The topological polar surface area (TPSA) is 50.7 Å². The van der Waals surface area contributed by atoms with Crippen LogP contribution in [0.15, 0.2) is 59.2 Å². The Morgan fingerprint density at radius 2 is 1.92 bits per heavy atom. The van der Waals surface area contributed by atoms with Crippen molar-refractivity contribution >= 4 is 41.4 Å². The van der Waals surface area contributed by atoms with Crippen LogP contribution in [0.4, 0.5) is 0 Å². The predicted octanol–water partition coefficient (Wildman–Crippen LogP) is 4.97. The third-order valence-corrected chi connectivity index (χ3v) is 3.73. The second-order valence-corrected chi connectivity index (χ2v) is 6.21. The minimum atomic E-state index is -0.755. The zero-order valence-electron chi connectivity index (χ0n) is 13.9. The summed E-state index contributed by atoms with van der Waals surface area (Å²) in [6.45, 7) is 3.51. The molecule has 130 valence electrons. The lowest BCUT2D eigenvalue weighted by molar-refractivity contribution is -0.127. The standard InChI is InChI=1S/C19H18Cl2N2O2/c1-13(10-15-6-4-3-5-7-15)12-22-23-19(24)14(2)25-18-9-8-16(20)11-17(18)21/h3-12,14H,1-2H3,(H,23,24)/b13-10-,22-12-/t14-/m0/s1. The van der Waals surface area contributed by atoms with Gasteiger partial charge in [-0.1, -0.05) is 59.6 Å². The number of hydrogen-bond donors (Lipinski definition) is 1. The van der Waals surface area contributed by atoms with Crippen LogP contribution in [0.5, 0.6) is 5.75 Å². The third-order valence-electron chi connectivity index (χ3n) is 3.20. The zero-order valence-corrected chi connectivity index (χ0v) is 15.4. The lowest BCUT2D eigenvalue weighted by Gasteiger charge is -2.14. The maximum absolute atomic E-state index is 12.0. The average Bonchev–Trinajstić information content (AvgIpc) is 2.58. The molecule has 0 aromatic heterocycles. The van der Waals surface area contributed by atoms with E-state index in [0.717, 1.165) is 11.1 Å². The van der Waals surface area contributed by atoms with E-state index in [-0.39, 0.29) is 5.91 Å². The first-order valence-corrected chi connectivity index (χ1v) is 8.39. The Balaban J connectivity index is 1.89. The van der Waals surface area contributed by atoms with Gasteiger partial charge < -0.3 is 4.74 Å². The molecule has 4 nitrogen and oxygen atoms in total.